The molecule has 1 aromatic heterocycles. The lowest BCUT2D eigenvalue weighted by molar-refractivity contribution is -0.132. The normalized spacial score (nSPS) is 13.3. The second-order valence-electron chi connectivity index (χ2n) is 9.26. The van der Waals surface area contributed by atoms with E-state index in [-0.39, 0.29) is 11.8 Å². The zero-order valence-electron chi connectivity index (χ0n) is 22.4. The van der Waals surface area contributed by atoms with Crippen LogP contribution in [-0.4, -0.2) is 68.5 Å². The molecule has 3 aromatic carbocycles. The molecule has 1 saturated heterocycles. The van der Waals surface area contributed by atoms with Crippen molar-refractivity contribution in [3.63, 3.8) is 0 Å². The fourth-order valence-corrected chi connectivity index (χ4v) is 4.98. The average molecular weight is 525 g/mol. The van der Waals surface area contributed by atoms with Crippen LogP contribution >= 0.6 is 0 Å². The lowest BCUT2D eigenvalue weighted by Gasteiger charge is -2.37. The molecule has 0 aliphatic carbocycles. The van der Waals surface area contributed by atoms with Gasteiger partial charge in [0.05, 0.1) is 32.9 Å². The number of aromatic nitrogens is 2. The number of nitrogens with zero attached hydrogens (tertiary/aromatic N) is 4. The van der Waals surface area contributed by atoms with Crippen molar-refractivity contribution in [2.75, 3.05) is 52.4 Å². The van der Waals surface area contributed by atoms with Crippen molar-refractivity contribution in [1.29, 1.82) is 0 Å². The van der Waals surface area contributed by atoms with Crippen LogP contribution in [0.4, 0.5) is 5.82 Å². The Hall–Kier alpha value is -4.59. The minimum Gasteiger partial charge on any atom is -0.493 e. The predicted octanol–water partition coefficient (Wildman–Crippen LogP) is 4.65. The van der Waals surface area contributed by atoms with Crippen molar-refractivity contribution in [1.82, 2.24) is 15.1 Å². The van der Waals surface area contributed by atoms with Crippen molar-refractivity contribution in [2.24, 2.45) is 0 Å². The van der Waals surface area contributed by atoms with E-state index < -0.39 is 0 Å². The zero-order valence-corrected chi connectivity index (χ0v) is 22.4. The van der Waals surface area contributed by atoms with Crippen molar-refractivity contribution in [3.8, 4) is 28.5 Å². The van der Waals surface area contributed by atoms with E-state index in [0.29, 0.717) is 49.1 Å². The molecule has 39 heavy (non-hydrogen) atoms. The summed E-state index contributed by atoms with van der Waals surface area (Å²) in [6.07, 6.45) is 0. The van der Waals surface area contributed by atoms with Gasteiger partial charge in [-0.3, -0.25) is 4.79 Å². The van der Waals surface area contributed by atoms with E-state index in [1.54, 1.807) is 21.3 Å². The highest BCUT2D eigenvalue weighted by Gasteiger charge is 2.30. The Morgan fingerprint density at radius 3 is 1.74 bits per heavy atom. The van der Waals surface area contributed by atoms with E-state index in [9.17, 15) is 4.79 Å². The van der Waals surface area contributed by atoms with Crippen molar-refractivity contribution in [2.45, 2.75) is 5.92 Å². The second-order valence-corrected chi connectivity index (χ2v) is 9.26. The number of hydrogen-bond donors (Lipinski definition) is 0. The third-order valence-corrected chi connectivity index (χ3v) is 7.04. The van der Waals surface area contributed by atoms with Crippen LogP contribution in [0.25, 0.3) is 11.3 Å². The molecule has 0 spiro atoms. The number of hydrogen-bond acceptors (Lipinski definition) is 7. The van der Waals surface area contributed by atoms with Crippen LogP contribution in [0.5, 0.6) is 17.2 Å². The van der Waals surface area contributed by atoms with Crippen LogP contribution < -0.4 is 19.1 Å². The number of rotatable bonds is 8. The first-order valence-corrected chi connectivity index (χ1v) is 12.9. The molecule has 0 bridgehead atoms. The largest absolute Gasteiger partial charge is 0.493 e. The van der Waals surface area contributed by atoms with Gasteiger partial charge in [0.15, 0.2) is 17.3 Å². The minimum absolute atomic E-state index is 0.121. The molecule has 0 saturated carbocycles. The van der Waals surface area contributed by atoms with Crippen LogP contribution in [0, 0.1) is 0 Å². The molecule has 0 N–H and O–H groups in total. The van der Waals surface area contributed by atoms with Crippen molar-refractivity contribution in [3.05, 3.63) is 96.1 Å². The SMILES string of the molecule is COc1cc(-c2ccc(N3CCN(C(=O)C(c4ccccc4)c4ccccc4)CC3)nn2)cc(OC)c1OC. The number of ether oxygens (including phenoxy) is 3. The maximum Gasteiger partial charge on any atom is 0.234 e. The van der Waals surface area contributed by atoms with Gasteiger partial charge in [-0.05, 0) is 35.4 Å². The summed E-state index contributed by atoms with van der Waals surface area (Å²) in [5.74, 6) is 2.22. The molecule has 1 aliphatic heterocycles. The Bertz CT molecular complexity index is 1330. The van der Waals surface area contributed by atoms with Crippen molar-refractivity contribution < 1.29 is 19.0 Å². The van der Waals surface area contributed by atoms with Gasteiger partial charge in [0, 0.05) is 31.7 Å². The summed E-state index contributed by atoms with van der Waals surface area (Å²) in [6, 6.07) is 27.6. The highest BCUT2D eigenvalue weighted by atomic mass is 16.5. The molecule has 1 amide bonds. The highest BCUT2D eigenvalue weighted by molar-refractivity contribution is 5.87. The number of piperazine rings is 1. The Kier molecular flexibility index (Phi) is 7.91. The number of carbonyl (C=O) groups is 1. The molecule has 0 radical (unpaired) electrons. The van der Waals surface area contributed by atoms with Gasteiger partial charge in [0.25, 0.3) is 0 Å². The maximum atomic E-state index is 13.7. The number of methoxy groups -OCH3 is 3. The highest BCUT2D eigenvalue weighted by Crippen LogP contribution is 2.40. The number of benzene rings is 3. The van der Waals surface area contributed by atoms with Crippen LogP contribution in [0.2, 0.25) is 0 Å². The molecule has 8 nitrogen and oxygen atoms in total. The summed E-state index contributed by atoms with van der Waals surface area (Å²) in [5.41, 5.74) is 3.51. The van der Waals surface area contributed by atoms with E-state index in [1.807, 2.05) is 89.8 Å². The van der Waals surface area contributed by atoms with E-state index in [2.05, 4.69) is 15.1 Å². The van der Waals surface area contributed by atoms with Gasteiger partial charge in [-0.25, -0.2) is 0 Å². The van der Waals surface area contributed by atoms with E-state index >= 15 is 0 Å². The molecule has 8 heteroatoms. The van der Waals surface area contributed by atoms with Crippen LogP contribution in [0.1, 0.15) is 17.0 Å². The van der Waals surface area contributed by atoms with Gasteiger partial charge in [-0.15, -0.1) is 10.2 Å². The molecule has 0 unspecified atom stereocenters. The Labute approximate surface area is 228 Å². The summed E-state index contributed by atoms with van der Waals surface area (Å²) in [6.45, 7) is 2.59. The van der Waals surface area contributed by atoms with Gasteiger partial charge in [-0.2, -0.15) is 0 Å². The van der Waals surface area contributed by atoms with Crippen LogP contribution in [-0.2, 0) is 4.79 Å². The number of carbonyl (C=O) groups excluding carboxylic acids is 1. The molecule has 0 atom stereocenters. The minimum atomic E-state index is -0.323. The van der Waals surface area contributed by atoms with E-state index in [0.717, 1.165) is 22.5 Å². The summed E-state index contributed by atoms with van der Waals surface area (Å²) in [4.78, 5) is 17.9. The topological polar surface area (TPSA) is 77.0 Å². The summed E-state index contributed by atoms with van der Waals surface area (Å²) >= 11 is 0. The summed E-state index contributed by atoms with van der Waals surface area (Å²) in [7, 11) is 4.75. The summed E-state index contributed by atoms with van der Waals surface area (Å²) in [5, 5.41) is 8.96. The standard InChI is InChI=1S/C31H32N4O4/c1-37-26-20-24(21-27(38-2)30(26)39-3)25-14-15-28(33-32-25)34-16-18-35(19-17-34)31(36)29(22-10-6-4-7-11-22)23-12-8-5-9-13-23/h4-15,20-21,29H,16-19H2,1-3H3. The van der Waals surface area contributed by atoms with Gasteiger partial charge in [0.1, 0.15) is 0 Å². The fraction of sp³-hybridized carbons (Fsp3) is 0.258. The molecule has 2 heterocycles. The number of amides is 1. The Morgan fingerprint density at radius 1 is 0.718 bits per heavy atom. The summed E-state index contributed by atoms with van der Waals surface area (Å²) < 4.78 is 16.4. The molecular weight excluding hydrogens is 492 g/mol. The van der Waals surface area contributed by atoms with Crippen LogP contribution in [0.15, 0.2) is 84.9 Å². The smallest absolute Gasteiger partial charge is 0.234 e. The fourth-order valence-electron chi connectivity index (χ4n) is 4.98. The van der Waals surface area contributed by atoms with E-state index in [4.69, 9.17) is 14.2 Å². The predicted molar refractivity (Wildman–Crippen MR) is 151 cm³/mol. The van der Waals surface area contributed by atoms with Gasteiger partial charge in [0.2, 0.25) is 11.7 Å². The Balaban J connectivity index is 1.29. The third kappa shape index (κ3) is 5.50. The Morgan fingerprint density at radius 2 is 1.28 bits per heavy atom. The number of anilines is 1. The first-order chi connectivity index (χ1) is 19.1. The lowest BCUT2D eigenvalue weighted by Crippen LogP contribution is -2.50. The molecule has 1 fully saturated rings. The first kappa shape index (κ1) is 26.0. The van der Waals surface area contributed by atoms with E-state index in [1.165, 1.54) is 0 Å². The monoisotopic (exact) mass is 524 g/mol. The van der Waals surface area contributed by atoms with Gasteiger partial charge < -0.3 is 24.0 Å². The zero-order chi connectivity index (χ0) is 27.2. The molecule has 1 aliphatic rings. The second kappa shape index (κ2) is 11.9. The molecule has 5 rings (SSSR count). The molecular formula is C31H32N4O4. The van der Waals surface area contributed by atoms with Gasteiger partial charge >= 0.3 is 0 Å². The third-order valence-electron chi connectivity index (χ3n) is 7.04. The molecule has 4 aromatic rings. The molecule has 200 valence electrons. The quantitative estimate of drug-likeness (QED) is 0.332. The van der Waals surface area contributed by atoms with Crippen LogP contribution in [0.3, 0.4) is 0 Å². The van der Waals surface area contributed by atoms with Crippen molar-refractivity contribution >= 4 is 11.7 Å². The first-order valence-electron chi connectivity index (χ1n) is 12.9. The van der Waals surface area contributed by atoms with Gasteiger partial charge in [-0.1, -0.05) is 60.7 Å². The average Bonchev–Trinajstić information content (AvgIpc) is 3.01. The lowest BCUT2D eigenvalue weighted by atomic mass is 9.90. The maximum absolute atomic E-state index is 13.7.